The van der Waals surface area contributed by atoms with E-state index in [2.05, 4.69) is 5.32 Å². The van der Waals surface area contributed by atoms with Crippen LogP contribution in [0.25, 0.3) is 0 Å². The van der Waals surface area contributed by atoms with E-state index in [1.807, 2.05) is 30.3 Å². The molecular weight excluding hydrogens is 649 g/mol. The molecule has 1 atom stereocenters. The quantitative estimate of drug-likeness (QED) is 0.175. The smallest absolute Gasteiger partial charge is 0.264 e. The maximum atomic E-state index is 14.6. The molecule has 4 aromatic carbocycles. The number of hydrogen-bond acceptors (Lipinski definition) is 6. The summed E-state index contributed by atoms with van der Waals surface area (Å²) in [6.45, 7) is 1.27. The van der Waals surface area contributed by atoms with Crippen LogP contribution >= 0.6 is 23.2 Å². The molecule has 12 heteroatoms. The van der Waals surface area contributed by atoms with Crippen LogP contribution in [0.4, 0.5) is 5.69 Å². The van der Waals surface area contributed by atoms with Gasteiger partial charge in [0.15, 0.2) is 0 Å². The molecule has 0 aliphatic heterocycles. The topological polar surface area (TPSA) is 105 Å². The Morgan fingerprint density at radius 3 is 2.07 bits per heavy atom. The van der Waals surface area contributed by atoms with Crippen molar-refractivity contribution in [3.05, 3.63) is 118 Å². The Morgan fingerprint density at radius 1 is 0.826 bits per heavy atom. The van der Waals surface area contributed by atoms with Gasteiger partial charge in [-0.05, 0) is 61.0 Å². The van der Waals surface area contributed by atoms with Crippen molar-refractivity contribution in [1.82, 2.24) is 10.2 Å². The van der Waals surface area contributed by atoms with Crippen LogP contribution in [0.2, 0.25) is 10.0 Å². The maximum Gasteiger partial charge on any atom is 0.264 e. The number of rotatable bonds is 14. The number of hydrogen-bond donors (Lipinski definition) is 1. The number of para-hydroxylation sites is 2. The second-order valence-corrected chi connectivity index (χ2v) is 12.9. The first-order valence-electron chi connectivity index (χ1n) is 14.4. The van der Waals surface area contributed by atoms with Gasteiger partial charge < -0.3 is 19.7 Å². The monoisotopic (exact) mass is 683 g/mol. The van der Waals surface area contributed by atoms with Crippen molar-refractivity contribution in [2.75, 3.05) is 31.6 Å². The first kappa shape index (κ1) is 34.6. The molecule has 0 saturated heterocycles. The predicted octanol–water partition coefficient (Wildman–Crippen LogP) is 5.98. The summed E-state index contributed by atoms with van der Waals surface area (Å²) in [7, 11) is -1.46. The Kier molecular flexibility index (Phi) is 11.9. The van der Waals surface area contributed by atoms with Crippen LogP contribution in [0.5, 0.6) is 11.5 Å². The van der Waals surface area contributed by atoms with Crippen LogP contribution in [0.1, 0.15) is 18.1 Å². The van der Waals surface area contributed by atoms with Crippen LogP contribution in [-0.2, 0) is 32.6 Å². The highest BCUT2D eigenvalue weighted by molar-refractivity contribution is 7.92. The number of amides is 2. The lowest BCUT2D eigenvalue weighted by Gasteiger charge is -2.34. The van der Waals surface area contributed by atoms with Gasteiger partial charge in [-0.15, -0.1) is 0 Å². The fraction of sp³-hybridized carbons (Fsp3) is 0.235. The summed E-state index contributed by atoms with van der Waals surface area (Å²) < 4.78 is 40.2. The van der Waals surface area contributed by atoms with E-state index >= 15 is 0 Å². The van der Waals surface area contributed by atoms with Gasteiger partial charge in [0.2, 0.25) is 11.8 Å². The van der Waals surface area contributed by atoms with Gasteiger partial charge in [0.1, 0.15) is 24.1 Å². The van der Waals surface area contributed by atoms with Crippen molar-refractivity contribution in [2.24, 2.45) is 0 Å². The van der Waals surface area contributed by atoms with E-state index in [0.29, 0.717) is 27.9 Å². The Bertz CT molecular complexity index is 1730. The number of ether oxygens (including phenoxy) is 2. The number of methoxy groups -OCH3 is 2. The highest BCUT2D eigenvalue weighted by atomic mass is 35.5. The van der Waals surface area contributed by atoms with Gasteiger partial charge in [0, 0.05) is 35.1 Å². The van der Waals surface area contributed by atoms with Gasteiger partial charge in [-0.2, -0.15) is 0 Å². The minimum Gasteiger partial charge on any atom is -0.497 e. The molecule has 1 N–H and O–H groups in total. The number of carbonyl (C=O) groups is 2. The fourth-order valence-corrected chi connectivity index (χ4v) is 6.87. The second-order valence-electron chi connectivity index (χ2n) is 10.2. The molecule has 0 heterocycles. The first-order valence-corrected chi connectivity index (χ1v) is 16.6. The number of nitrogens with zero attached hydrogens (tertiary/aromatic N) is 2. The van der Waals surface area contributed by atoms with Gasteiger partial charge in [-0.1, -0.05) is 71.7 Å². The minimum atomic E-state index is -4.35. The van der Waals surface area contributed by atoms with Crippen molar-refractivity contribution in [3.63, 3.8) is 0 Å². The summed E-state index contributed by atoms with van der Waals surface area (Å²) in [4.78, 5) is 29.5. The molecule has 0 aliphatic carbocycles. The SMILES string of the molecule is CCNC(=O)C(Cc1ccccc1)N(Cc1c(Cl)cccc1Cl)C(=O)CN(c1ccccc1OC)S(=O)(=O)c1ccc(OC)cc1. The zero-order valence-corrected chi connectivity index (χ0v) is 28.0. The van der Waals surface area contributed by atoms with Gasteiger partial charge in [0.25, 0.3) is 10.0 Å². The van der Waals surface area contributed by atoms with Crippen molar-refractivity contribution in [1.29, 1.82) is 0 Å². The molecule has 0 aliphatic rings. The van der Waals surface area contributed by atoms with E-state index in [1.165, 1.54) is 43.4 Å². The number of carbonyl (C=O) groups excluding carboxylic acids is 2. The highest BCUT2D eigenvalue weighted by Gasteiger charge is 2.36. The number of anilines is 1. The van der Waals surface area contributed by atoms with E-state index in [-0.39, 0.29) is 29.3 Å². The summed E-state index contributed by atoms with van der Waals surface area (Å²) in [5.41, 5.74) is 1.36. The molecule has 0 aromatic heterocycles. The lowest BCUT2D eigenvalue weighted by atomic mass is 10.0. The predicted molar refractivity (Wildman–Crippen MR) is 180 cm³/mol. The minimum absolute atomic E-state index is 0.0720. The average Bonchev–Trinajstić information content (AvgIpc) is 3.06. The van der Waals surface area contributed by atoms with Crippen LogP contribution < -0.4 is 19.1 Å². The van der Waals surface area contributed by atoms with E-state index in [1.54, 1.807) is 49.4 Å². The van der Waals surface area contributed by atoms with Crippen LogP contribution in [-0.4, -0.2) is 58.5 Å². The van der Waals surface area contributed by atoms with E-state index in [4.69, 9.17) is 32.7 Å². The molecule has 4 aromatic rings. The summed E-state index contributed by atoms with van der Waals surface area (Å²) in [5, 5.41) is 3.42. The van der Waals surface area contributed by atoms with Gasteiger partial charge >= 0.3 is 0 Å². The Labute approximate surface area is 279 Å². The van der Waals surface area contributed by atoms with E-state index < -0.39 is 34.4 Å². The number of likely N-dealkylation sites (N-methyl/N-ethyl adjacent to an activating group) is 1. The van der Waals surface area contributed by atoms with Crippen LogP contribution in [0, 0.1) is 0 Å². The molecule has 1 unspecified atom stereocenters. The molecule has 4 rings (SSSR count). The standard InChI is InChI=1S/C34H35Cl2N3O6S/c1-4-37-34(41)31(21-24-11-6-5-7-12-24)38(22-27-28(35)13-10-14-29(27)36)33(40)23-39(30-15-8-9-16-32(30)45-3)46(42,43)26-19-17-25(44-2)18-20-26/h5-20,31H,4,21-23H2,1-3H3,(H,37,41). The lowest BCUT2D eigenvalue weighted by molar-refractivity contribution is -0.140. The largest absolute Gasteiger partial charge is 0.497 e. The zero-order valence-electron chi connectivity index (χ0n) is 25.7. The number of halogens is 2. The lowest BCUT2D eigenvalue weighted by Crippen LogP contribution is -2.53. The van der Waals surface area contributed by atoms with Crippen molar-refractivity contribution >= 4 is 50.7 Å². The highest BCUT2D eigenvalue weighted by Crippen LogP contribution is 2.34. The normalized spacial score (nSPS) is 11.8. The molecular formula is C34H35Cl2N3O6S. The third kappa shape index (κ3) is 8.12. The third-order valence-corrected chi connectivity index (χ3v) is 9.77. The Hall–Kier alpha value is -4.25. The second kappa shape index (κ2) is 15.8. The Balaban J connectivity index is 1.85. The molecule has 2 amide bonds. The molecule has 0 radical (unpaired) electrons. The van der Waals surface area contributed by atoms with Crippen molar-refractivity contribution in [3.8, 4) is 11.5 Å². The van der Waals surface area contributed by atoms with Crippen LogP contribution in [0.3, 0.4) is 0 Å². The van der Waals surface area contributed by atoms with Crippen LogP contribution in [0.15, 0.2) is 102 Å². The number of nitrogens with one attached hydrogen (secondary N) is 1. The molecule has 9 nitrogen and oxygen atoms in total. The van der Waals surface area contributed by atoms with E-state index in [9.17, 15) is 18.0 Å². The first-order chi connectivity index (χ1) is 22.1. The third-order valence-electron chi connectivity index (χ3n) is 7.29. The summed E-state index contributed by atoms with van der Waals surface area (Å²) in [6.07, 6.45) is 0.153. The molecule has 0 saturated carbocycles. The number of sulfonamides is 1. The van der Waals surface area contributed by atoms with Gasteiger partial charge in [0.05, 0.1) is 24.8 Å². The molecule has 0 bridgehead atoms. The molecule has 0 spiro atoms. The fourth-order valence-electron chi connectivity index (χ4n) is 4.92. The van der Waals surface area contributed by atoms with Crippen molar-refractivity contribution < 1.29 is 27.5 Å². The summed E-state index contributed by atoms with van der Waals surface area (Å²) in [6, 6.07) is 25.5. The molecule has 0 fully saturated rings. The maximum absolute atomic E-state index is 14.6. The summed E-state index contributed by atoms with van der Waals surface area (Å²) >= 11 is 13.1. The molecule has 242 valence electrons. The van der Waals surface area contributed by atoms with Gasteiger partial charge in [-0.3, -0.25) is 13.9 Å². The van der Waals surface area contributed by atoms with Gasteiger partial charge in [-0.25, -0.2) is 8.42 Å². The summed E-state index contributed by atoms with van der Waals surface area (Å²) in [5.74, 6) is -0.374. The zero-order chi connectivity index (χ0) is 33.3. The van der Waals surface area contributed by atoms with Crippen molar-refractivity contribution in [2.45, 2.75) is 30.8 Å². The average molecular weight is 685 g/mol. The molecule has 46 heavy (non-hydrogen) atoms. The number of benzene rings is 4. The van der Waals surface area contributed by atoms with E-state index in [0.717, 1.165) is 9.87 Å². The Morgan fingerprint density at radius 2 is 1.46 bits per heavy atom.